The Bertz CT molecular complexity index is 394. The standard InChI is InChI=1S/C11H13ClFNO3/c12-10-8(2-1-3-9(10)13)11(17)14(4-6-15)5-7-16/h1-3,15-16H,4-7H2. The van der Waals surface area contributed by atoms with E-state index >= 15 is 0 Å². The van der Waals surface area contributed by atoms with E-state index in [9.17, 15) is 9.18 Å². The molecule has 2 N–H and O–H groups in total. The zero-order valence-corrected chi connectivity index (χ0v) is 9.82. The number of benzene rings is 1. The molecular weight excluding hydrogens is 249 g/mol. The highest BCUT2D eigenvalue weighted by atomic mass is 35.5. The van der Waals surface area contributed by atoms with Gasteiger partial charge in [-0.1, -0.05) is 17.7 Å². The third kappa shape index (κ3) is 3.39. The maximum absolute atomic E-state index is 13.2. The summed E-state index contributed by atoms with van der Waals surface area (Å²) in [7, 11) is 0. The second-order valence-electron chi connectivity index (χ2n) is 3.34. The molecule has 0 aliphatic carbocycles. The summed E-state index contributed by atoms with van der Waals surface area (Å²) in [4.78, 5) is 13.2. The van der Waals surface area contributed by atoms with Gasteiger partial charge in [-0.25, -0.2) is 4.39 Å². The first-order valence-corrected chi connectivity index (χ1v) is 5.44. The third-order valence-electron chi connectivity index (χ3n) is 2.21. The van der Waals surface area contributed by atoms with Gasteiger partial charge in [-0.3, -0.25) is 4.79 Å². The van der Waals surface area contributed by atoms with Gasteiger partial charge in [0.15, 0.2) is 0 Å². The molecule has 0 radical (unpaired) electrons. The van der Waals surface area contributed by atoms with Crippen LogP contribution >= 0.6 is 11.6 Å². The molecule has 0 aromatic heterocycles. The van der Waals surface area contributed by atoms with E-state index in [4.69, 9.17) is 21.8 Å². The maximum Gasteiger partial charge on any atom is 0.255 e. The lowest BCUT2D eigenvalue weighted by Crippen LogP contribution is -2.36. The Morgan fingerprint density at radius 1 is 1.29 bits per heavy atom. The second kappa shape index (κ2) is 6.54. The van der Waals surface area contributed by atoms with Crippen LogP contribution in [0.15, 0.2) is 18.2 Å². The smallest absolute Gasteiger partial charge is 0.255 e. The van der Waals surface area contributed by atoms with Crippen LogP contribution in [0, 0.1) is 5.82 Å². The maximum atomic E-state index is 13.2. The molecule has 0 saturated heterocycles. The molecule has 0 aliphatic rings. The average Bonchev–Trinajstić information content (AvgIpc) is 2.31. The lowest BCUT2D eigenvalue weighted by molar-refractivity contribution is 0.0684. The molecule has 1 aromatic rings. The summed E-state index contributed by atoms with van der Waals surface area (Å²) in [5, 5.41) is 17.3. The van der Waals surface area contributed by atoms with Crippen LogP contribution in [0.2, 0.25) is 5.02 Å². The Morgan fingerprint density at radius 2 is 1.88 bits per heavy atom. The first-order chi connectivity index (χ1) is 8.11. The van der Waals surface area contributed by atoms with Crippen molar-refractivity contribution in [3.63, 3.8) is 0 Å². The molecule has 0 heterocycles. The number of aliphatic hydroxyl groups excluding tert-OH is 2. The number of halogens is 2. The quantitative estimate of drug-likeness (QED) is 0.828. The molecule has 6 heteroatoms. The van der Waals surface area contributed by atoms with Gasteiger partial charge in [0.05, 0.1) is 23.8 Å². The van der Waals surface area contributed by atoms with Gasteiger partial charge in [0, 0.05) is 13.1 Å². The van der Waals surface area contributed by atoms with Crippen LogP contribution in [0.5, 0.6) is 0 Å². The Kier molecular flexibility index (Phi) is 5.34. The van der Waals surface area contributed by atoms with Crippen molar-refractivity contribution in [3.05, 3.63) is 34.6 Å². The number of hydrogen-bond acceptors (Lipinski definition) is 3. The molecule has 0 aliphatic heterocycles. The number of carbonyl (C=O) groups is 1. The molecule has 1 aromatic carbocycles. The van der Waals surface area contributed by atoms with E-state index in [0.29, 0.717) is 0 Å². The molecule has 0 spiro atoms. The van der Waals surface area contributed by atoms with Crippen molar-refractivity contribution >= 4 is 17.5 Å². The summed E-state index contributed by atoms with van der Waals surface area (Å²) >= 11 is 5.68. The molecule has 0 atom stereocenters. The average molecular weight is 262 g/mol. The van der Waals surface area contributed by atoms with Crippen LogP contribution in [-0.4, -0.2) is 47.3 Å². The second-order valence-corrected chi connectivity index (χ2v) is 3.72. The highest BCUT2D eigenvalue weighted by Crippen LogP contribution is 2.21. The molecule has 0 fully saturated rings. The SMILES string of the molecule is O=C(c1cccc(F)c1Cl)N(CCO)CCO. The highest BCUT2D eigenvalue weighted by molar-refractivity contribution is 6.34. The molecule has 0 bridgehead atoms. The van der Waals surface area contributed by atoms with Gasteiger partial charge in [0.2, 0.25) is 0 Å². The number of amides is 1. The highest BCUT2D eigenvalue weighted by Gasteiger charge is 2.19. The van der Waals surface area contributed by atoms with Gasteiger partial charge in [0.25, 0.3) is 5.91 Å². The van der Waals surface area contributed by atoms with E-state index < -0.39 is 11.7 Å². The van der Waals surface area contributed by atoms with Crippen molar-refractivity contribution in [2.24, 2.45) is 0 Å². The minimum absolute atomic E-state index is 0.0218. The largest absolute Gasteiger partial charge is 0.395 e. The van der Waals surface area contributed by atoms with Gasteiger partial charge >= 0.3 is 0 Å². The van der Waals surface area contributed by atoms with Crippen molar-refractivity contribution in [3.8, 4) is 0 Å². The van der Waals surface area contributed by atoms with Gasteiger partial charge < -0.3 is 15.1 Å². The first kappa shape index (κ1) is 13.9. The zero-order chi connectivity index (χ0) is 12.8. The molecule has 1 rings (SSSR count). The molecule has 94 valence electrons. The predicted octanol–water partition coefficient (Wildman–Crippen LogP) is 0.906. The Balaban J connectivity index is 2.96. The minimum Gasteiger partial charge on any atom is -0.395 e. The Labute approximate surface area is 103 Å². The summed E-state index contributed by atoms with van der Waals surface area (Å²) in [6.45, 7) is -0.351. The number of nitrogens with zero attached hydrogens (tertiary/aromatic N) is 1. The molecule has 4 nitrogen and oxygen atoms in total. The van der Waals surface area contributed by atoms with E-state index in [-0.39, 0.29) is 36.9 Å². The molecule has 0 unspecified atom stereocenters. The van der Waals surface area contributed by atoms with E-state index in [0.717, 1.165) is 6.07 Å². The van der Waals surface area contributed by atoms with Crippen LogP contribution in [-0.2, 0) is 0 Å². The van der Waals surface area contributed by atoms with E-state index in [1.807, 2.05) is 0 Å². The van der Waals surface area contributed by atoms with Gasteiger partial charge in [-0.2, -0.15) is 0 Å². The van der Waals surface area contributed by atoms with Gasteiger partial charge in [0.1, 0.15) is 5.82 Å². The molecule has 17 heavy (non-hydrogen) atoms. The van der Waals surface area contributed by atoms with Crippen molar-refractivity contribution in [2.45, 2.75) is 0 Å². The number of aliphatic hydroxyl groups is 2. The Hall–Kier alpha value is -1.17. The summed E-state index contributed by atoms with van der Waals surface area (Å²) in [5.41, 5.74) is 0.0218. The minimum atomic E-state index is -0.675. The van der Waals surface area contributed by atoms with Crippen molar-refractivity contribution in [1.82, 2.24) is 4.90 Å². The molecule has 1 amide bonds. The number of rotatable bonds is 5. The summed E-state index contributed by atoms with van der Waals surface area (Å²) < 4.78 is 13.2. The van der Waals surface area contributed by atoms with E-state index in [1.54, 1.807) is 0 Å². The zero-order valence-electron chi connectivity index (χ0n) is 9.07. The van der Waals surface area contributed by atoms with E-state index in [2.05, 4.69) is 0 Å². The van der Waals surface area contributed by atoms with Crippen LogP contribution in [0.4, 0.5) is 4.39 Å². The summed E-state index contributed by atoms with van der Waals surface area (Å²) in [6, 6.07) is 3.93. The van der Waals surface area contributed by atoms with Crippen molar-refractivity contribution < 1.29 is 19.4 Å². The summed E-state index contributed by atoms with van der Waals surface area (Å²) in [6.07, 6.45) is 0. The van der Waals surface area contributed by atoms with Crippen LogP contribution in [0.1, 0.15) is 10.4 Å². The first-order valence-electron chi connectivity index (χ1n) is 5.06. The fourth-order valence-corrected chi connectivity index (χ4v) is 1.60. The van der Waals surface area contributed by atoms with Crippen LogP contribution < -0.4 is 0 Å². The van der Waals surface area contributed by atoms with Crippen molar-refractivity contribution in [2.75, 3.05) is 26.3 Å². The fourth-order valence-electron chi connectivity index (χ4n) is 1.40. The van der Waals surface area contributed by atoms with Crippen molar-refractivity contribution in [1.29, 1.82) is 0 Å². The van der Waals surface area contributed by atoms with Gasteiger partial charge in [-0.05, 0) is 12.1 Å². The summed E-state index contributed by atoms with van der Waals surface area (Å²) in [5.74, 6) is -1.19. The monoisotopic (exact) mass is 261 g/mol. The van der Waals surface area contributed by atoms with Gasteiger partial charge in [-0.15, -0.1) is 0 Å². The lowest BCUT2D eigenvalue weighted by atomic mass is 10.2. The Morgan fingerprint density at radius 3 is 2.41 bits per heavy atom. The normalized spacial score (nSPS) is 10.4. The number of carbonyl (C=O) groups excluding carboxylic acids is 1. The lowest BCUT2D eigenvalue weighted by Gasteiger charge is -2.21. The number of hydrogen-bond donors (Lipinski definition) is 2. The van der Waals surface area contributed by atoms with Crippen LogP contribution in [0.3, 0.4) is 0 Å². The molecular formula is C11H13ClFNO3. The van der Waals surface area contributed by atoms with Crippen LogP contribution in [0.25, 0.3) is 0 Å². The third-order valence-corrected chi connectivity index (χ3v) is 2.59. The fraction of sp³-hybridized carbons (Fsp3) is 0.364. The van der Waals surface area contributed by atoms with E-state index in [1.165, 1.54) is 17.0 Å². The predicted molar refractivity (Wildman–Crippen MR) is 61.5 cm³/mol. The topological polar surface area (TPSA) is 60.8 Å². The molecule has 0 saturated carbocycles.